The topological polar surface area (TPSA) is 79.4 Å². The van der Waals surface area contributed by atoms with Crippen LogP contribution in [0.5, 0.6) is 5.88 Å². The van der Waals surface area contributed by atoms with E-state index in [0.29, 0.717) is 11.7 Å². The molecule has 116 valence electrons. The fourth-order valence-electron chi connectivity index (χ4n) is 2.59. The summed E-state index contributed by atoms with van der Waals surface area (Å²) < 4.78 is 5.30. The number of rotatable bonds is 3. The molecular weight excluding hydrogens is 270 g/mol. The van der Waals surface area contributed by atoms with Crippen molar-refractivity contribution in [1.82, 2.24) is 20.6 Å². The van der Waals surface area contributed by atoms with Crippen molar-refractivity contribution >= 4 is 11.8 Å². The van der Waals surface area contributed by atoms with Crippen molar-refractivity contribution in [3.63, 3.8) is 0 Å². The van der Waals surface area contributed by atoms with Crippen LogP contribution in [0.1, 0.15) is 24.2 Å². The van der Waals surface area contributed by atoms with E-state index in [2.05, 4.69) is 25.5 Å². The summed E-state index contributed by atoms with van der Waals surface area (Å²) in [6.07, 6.45) is 1.80. The third kappa shape index (κ3) is 3.53. The van der Waals surface area contributed by atoms with Gasteiger partial charge in [0.25, 0.3) is 0 Å². The van der Waals surface area contributed by atoms with Crippen molar-refractivity contribution in [3.8, 4) is 5.88 Å². The van der Waals surface area contributed by atoms with Gasteiger partial charge in [-0.25, -0.2) is 9.78 Å². The van der Waals surface area contributed by atoms with Gasteiger partial charge in [0.1, 0.15) is 11.6 Å². The Balaban J connectivity index is 2.05. The summed E-state index contributed by atoms with van der Waals surface area (Å²) in [5.41, 5.74) is 0.959. The van der Waals surface area contributed by atoms with Crippen molar-refractivity contribution in [2.24, 2.45) is 0 Å². The number of aryl methyl sites for hydroxylation is 1. The molecule has 0 spiro atoms. The van der Waals surface area contributed by atoms with Gasteiger partial charge < -0.3 is 20.3 Å². The van der Waals surface area contributed by atoms with E-state index < -0.39 is 0 Å². The molecule has 0 aliphatic carbocycles. The second-order valence-corrected chi connectivity index (χ2v) is 5.21. The van der Waals surface area contributed by atoms with Crippen LogP contribution in [-0.2, 0) is 0 Å². The fourth-order valence-corrected chi connectivity index (χ4v) is 2.59. The lowest BCUT2D eigenvalue weighted by Crippen LogP contribution is -2.47. The van der Waals surface area contributed by atoms with Gasteiger partial charge in [0.05, 0.1) is 12.7 Å². The van der Waals surface area contributed by atoms with Crippen LogP contribution in [0.3, 0.4) is 0 Å². The lowest BCUT2D eigenvalue weighted by molar-refractivity contribution is 0.236. The van der Waals surface area contributed by atoms with Crippen molar-refractivity contribution in [1.29, 1.82) is 0 Å². The summed E-state index contributed by atoms with van der Waals surface area (Å²) in [7, 11) is 3.25. The molecule has 7 nitrogen and oxygen atoms in total. The van der Waals surface area contributed by atoms with Crippen LogP contribution in [0.15, 0.2) is 0 Å². The molecule has 7 heteroatoms. The number of amides is 2. The summed E-state index contributed by atoms with van der Waals surface area (Å²) >= 11 is 0. The average Bonchev–Trinajstić information content (AvgIpc) is 2.50. The van der Waals surface area contributed by atoms with E-state index in [-0.39, 0.29) is 12.1 Å². The van der Waals surface area contributed by atoms with Gasteiger partial charge in [0.2, 0.25) is 5.88 Å². The van der Waals surface area contributed by atoms with E-state index in [9.17, 15) is 4.79 Å². The van der Waals surface area contributed by atoms with Gasteiger partial charge in [-0.15, -0.1) is 0 Å². The molecule has 2 rings (SSSR count). The number of hydrogen-bond acceptors (Lipinski definition) is 5. The largest absolute Gasteiger partial charge is 0.481 e. The van der Waals surface area contributed by atoms with E-state index in [1.165, 1.54) is 0 Å². The molecular formula is C14H23N5O2. The number of carbonyl (C=O) groups excluding carboxylic acids is 1. The first-order valence-electron chi connectivity index (χ1n) is 7.17. The Hall–Kier alpha value is -2.05. The smallest absolute Gasteiger partial charge is 0.314 e. The molecule has 1 fully saturated rings. The zero-order valence-electron chi connectivity index (χ0n) is 13.1. The fraction of sp³-hybridized carbons (Fsp3) is 0.643. The van der Waals surface area contributed by atoms with Gasteiger partial charge in [-0.3, -0.25) is 0 Å². The number of urea groups is 1. The molecule has 0 bridgehead atoms. The van der Waals surface area contributed by atoms with Crippen LogP contribution in [0.2, 0.25) is 0 Å². The predicted octanol–water partition coefficient (Wildman–Crippen LogP) is 1.000. The Morgan fingerprint density at radius 1 is 1.29 bits per heavy atom. The van der Waals surface area contributed by atoms with Gasteiger partial charge in [-0.05, 0) is 26.7 Å². The van der Waals surface area contributed by atoms with Crippen molar-refractivity contribution < 1.29 is 9.53 Å². The van der Waals surface area contributed by atoms with E-state index >= 15 is 0 Å². The quantitative estimate of drug-likeness (QED) is 0.869. The minimum absolute atomic E-state index is 0.121. The number of carbonyl (C=O) groups is 1. The van der Waals surface area contributed by atoms with Crippen LogP contribution in [0.25, 0.3) is 0 Å². The first-order chi connectivity index (χ1) is 10.0. The summed E-state index contributed by atoms with van der Waals surface area (Å²) in [5.74, 6) is 2.26. The number of aromatic nitrogens is 2. The Bertz CT molecular complexity index is 512. The second kappa shape index (κ2) is 6.60. The first-order valence-corrected chi connectivity index (χ1v) is 7.17. The number of nitrogens with one attached hydrogen (secondary N) is 2. The van der Waals surface area contributed by atoms with Crippen LogP contribution in [-0.4, -0.2) is 49.3 Å². The summed E-state index contributed by atoms with van der Waals surface area (Å²) in [6, 6.07) is 0.0931. The lowest BCUT2D eigenvalue weighted by atomic mass is 10.0. The highest BCUT2D eigenvalue weighted by molar-refractivity contribution is 5.73. The number of ether oxygens (including phenoxy) is 1. The zero-order chi connectivity index (χ0) is 15.4. The van der Waals surface area contributed by atoms with Gasteiger partial charge in [-0.2, -0.15) is 4.98 Å². The molecule has 2 N–H and O–H groups in total. The molecule has 0 saturated carbocycles. The summed E-state index contributed by atoms with van der Waals surface area (Å²) in [5, 5.41) is 5.54. The average molecular weight is 293 g/mol. The summed E-state index contributed by atoms with van der Waals surface area (Å²) in [6.45, 7) is 5.55. The number of piperidine rings is 1. The maximum absolute atomic E-state index is 11.3. The van der Waals surface area contributed by atoms with E-state index in [4.69, 9.17) is 4.74 Å². The third-order valence-corrected chi connectivity index (χ3v) is 3.74. The summed E-state index contributed by atoms with van der Waals surface area (Å²) in [4.78, 5) is 22.4. The van der Waals surface area contributed by atoms with Crippen LogP contribution in [0.4, 0.5) is 10.6 Å². The maximum Gasteiger partial charge on any atom is 0.314 e. The zero-order valence-corrected chi connectivity index (χ0v) is 13.1. The maximum atomic E-state index is 11.3. The highest BCUT2D eigenvalue weighted by Gasteiger charge is 2.23. The molecule has 2 amide bonds. The molecule has 2 heterocycles. The highest BCUT2D eigenvalue weighted by Crippen LogP contribution is 2.27. The van der Waals surface area contributed by atoms with E-state index in [0.717, 1.165) is 37.3 Å². The van der Waals surface area contributed by atoms with Gasteiger partial charge in [-0.1, -0.05) is 0 Å². The highest BCUT2D eigenvalue weighted by atomic mass is 16.5. The number of anilines is 1. The molecule has 0 aromatic carbocycles. The van der Waals surface area contributed by atoms with E-state index in [1.807, 2.05) is 13.8 Å². The van der Waals surface area contributed by atoms with Crippen molar-refractivity contribution in [2.75, 3.05) is 32.1 Å². The first kappa shape index (κ1) is 15.3. The number of nitrogens with zero attached hydrogens (tertiary/aromatic N) is 3. The minimum atomic E-state index is -0.121. The molecule has 0 atom stereocenters. The van der Waals surface area contributed by atoms with Crippen LogP contribution in [0, 0.1) is 13.8 Å². The Morgan fingerprint density at radius 2 is 1.95 bits per heavy atom. The monoisotopic (exact) mass is 293 g/mol. The van der Waals surface area contributed by atoms with Crippen LogP contribution < -0.4 is 20.3 Å². The SMILES string of the molecule is CNC(=O)NC1CCN(c2nc(C)nc(OC)c2C)CC1. The van der Waals surface area contributed by atoms with E-state index in [1.54, 1.807) is 14.2 Å². The number of methoxy groups -OCH3 is 1. The molecule has 21 heavy (non-hydrogen) atoms. The lowest BCUT2D eigenvalue weighted by Gasteiger charge is -2.34. The molecule has 1 aromatic heterocycles. The van der Waals surface area contributed by atoms with Crippen molar-refractivity contribution in [2.45, 2.75) is 32.7 Å². The van der Waals surface area contributed by atoms with Crippen LogP contribution >= 0.6 is 0 Å². The minimum Gasteiger partial charge on any atom is -0.481 e. The molecule has 0 unspecified atom stereocenters. The van der Waals surface area contributed by atoms with Gasteiger partial charge in [0, 0.05) is 26.2 Å². The van der Waals surface area contributed by atoms with Gasteiger partial charge in [0.15, 0.2) is 0 Å². The Morgan fingerprint density at radius 3 is 2.52 bits per heavy atom. The normalized spacial score (nSPS) is 15.7. The molecule has 1 saturated heterocycles. The molecule has 1 aromatic rings. The van der Waals surface area contributed by atoms with Gasteiger partial charge >= 0.3 is 6.03 Å². The Kier molecular flexibility index (Phi) is 4.82. The molecule has 1 aliphatic rings. The molecule has 0 radical (unpaired) electrons. The second-order valence-electron chi connectivity index (χ2n) is 5.21. The number of hydrogen-bond donors (Lipinski definition) is 2. The standard InChI is InChI=1S/C14H23N5O2/c1-9-12(16-10(2)17-13(9)21-4)19-7-5-11(6-8-19)18-14(20)15-3/h11H,5-8H2,1-4H3,(H2,15,18,20). The Labute approximate surface area is 125 Å². The predicted molar refractivity (Wildman–Crippen MR) is 80.9 cm³/mol. The third-order valence-electron chi connectivity index (χ3n) is 3.74. The molecule has 1 aliphatic heterocycles. The van der Waals surface area contributed by atoms with Crippen molar-refractivity contribution in [3.05, 3.63) is 11.4 Å².